The molecule has 2 aromatic heterocycles. The first kappa shape index (κ1) is 21.0. The first-order chi connectivity index (χ1) is 13.6. The molecule has 3 heterocycles. The lowest BCUT2D eigenvalue weighted by atomic mass is 10.0. The standard InChI is InChI=1S/C16H18F3N5O4S/c1-7-11(16(17,18)19)23-12(21-7)13(25)22-8-3-4-24(6-9(8)28-2)15-20-5-10(29-15)14(26)27/h5,8-9H,3-4,6H2,1-2H3,(H,21,23)(H,22,25)(H,26,27)/t8-,9+/m1/s1. The van der Waals surface area contributed by atoms with Crippen molar-refractivity contribution in [2.75, 3.05) is 25.1 Å². The van der Waals surface area contributed by atoms with Crippen molar-refractivity contribution in [3.63, 3.8) is 0 Å². The van der Waals surface area contributed by atoms with E-state index in [1.54, 1.807) is 0 Å². The third-order valence-electron chi connectivity index (χ3n) is 4.52. The molecule has 0 bridgehead atoms. The first-order valence-electron chi connectivity index (χ1n) is 8.51. The van der Waals surface area contributed by atoms with E-state index in [2.05, 4.69) is 20.3 Å². The van der Waals surface area contributed by atoms with Crippen LogP contribution in [0.4, 0.5) is 18.3 Å². The summed E-state index contributed by atoms with van der Waals surface area (Å²) in [5.41, 5.74) is -1.36. The van der Waals surface area contributed by atoms with E-state index in [-0.39, 0.29) is 10.6 Å². The SMILES string of the molecule is CO[C@H]1CN(c2ncc(C(=O)O)s2)CC[C@H]1NC(=O)c1nc(C(F)(F)F)c(C)[nH]1. The van der Waals surface area contributed by atoms with Crippen molar-refractivity contribution in [3.05, 3.63) is 28.3 Å². The maximum Gasteiger partial charge on any atom is 0.435 e. The number of hydrogen-bond donors (Lipinski definition) is 3. The summed E-state index contributed by atoms with van der Waals surface area (Å²) in [6.45, 7) is 1.99. The van der Waals surface area contributed by atoms with Gasteiger partial charge in [-0.2, -0.15) is 13.2 Å². The molecule has 3 rings (SSSR count). The summed E-state index contributed by atoms with van der Waals surface area (Å²) in [6, 6.07) is -0.456. The minimum atomic E-state index is -4.65. The maximum absolute atomic E-state index is 12.9. The van der Waals surface area contributed by atoms with Gasteiger partial charge in [0.1, 0.15) is 4.88 Å². The second-order valence-corrected chi connectivity index (χ2v) is 7.47. The Kier molecular flexibility index (Phi) is 5.80. The number of ether oxygens (including phenoxy) is 1. The van der Waals surface area contributed by atoms with Crippen molar-refractivity contribution in [1.82, 2.24) is 20.3 Å². The van der Waals surface area contributed by atoms with Crippen LogP contribution < -0.4 is 10.2 Å². The molecule has 1 aliphatic heterocycles. The number of aromatic amines is 1. The fraction of sp³-hybridized carbons (Fsp3) is 0.500. The molecule has 0 radical (unpaired) electrons. The molecule has 158 valence electrons. The Labute approximate surface area is 166 Å². The molecule has 2 atom stereocenters. The fourth-order valence-electron chi connectivity index (χ4n) is 3.08. The van der Waals surface area contributed by atoms with E-state index in [0.717, 1.165) is 11.3 Å². The number of aromatic nitrogens is 3. The zero-order valence-corrected chi connectivity index (χ0v) is 16.2. The number of carboxylic acid groups (broad SMARTS) is 1. The Bertz CT molecular complexity index is 913. The second-order valence-electron chi connectivity index (χ2n) is 6.46. The second kappa shape index (κ2) is 7.99. The monoisotopic (exact) mass is 433 g/mol. The molecule has 1 fully saturated rings. The van der Waals surface area contributed by atoms with Crippen LogP contribution in [0.1, 0.15) is 38.1 Å². The smallest absolute Gasteiger partial charge is 0.435 e. The summed E-state index contributed by atoms with van der Waals surface area (Å²) >= 11 is 1.03. The number of carbonyl (C=O) groups is 2. The highest BCUT2D eigenvalue weighted by Gasteiger charge is 2.38. The zero-order chi connectivity index (χ0) is 21.3. The quantitative estimate of drug-likeness (QED) is 0.659. The molecule has 1 saturated heterocycles. The van der Waals surface area contributed by atoms with Gasteiger partial charge < -0.3 is 25.0 Å². The number of amides is 1. The first-order valence-corrected chi connectivity index (χ1v) is 9.33. The molecule has 0 unspecified atom stereocenters. The summed E-state index contributed by atoms with van der Waals surface area (Å²) in [5.74, 6) is -2.24. The van der Waals surface area contributed by atoms with Gasteiger partial charge in [-0.1, -0.05) is 11.3 Å². The number of anilines is 1. The number of halogens is 3. The Balaban J connectivity index is 1.67. The number of aromatic carboxylic acids is 1. The van der Waals surface area contributed by atoms with E-state index in [9.17, 15) is 22.8 Å². The average molecular weight is 433 g/mol. The lowest BCUT2D eigenvalue weighted by molar-refractivity contribution is -0.141. The van der Waals surface area contributed by atoms with Gasteiger partial charge in [0, 0.05) is 25.9 Å². The molecular formula is C16H18F3N5O4S. The molecule has 1 amide bonds. The summed E-state index contributed by atoms with van der Waals surface area (Å²) < 4.78 is 44.0. The number of thiazole rings is 1. The van der Waals surface area contributed by atoms with E-state index in [1.807, 2.05) is 4.90 Å². The topological polar surface area (TPSA) is 120 Å². The predicted octanol–water partition coefficient (Wildman–Crippen LogP) is 1.92. The third kappa shape index (κ3) is 4.50. The number of methoxy groups -OCH3 is 1. The van der Waals surface area contributed by atoms with Gasteiger partial charge in [0.05, 0.1) is 18.3 Å². The number of aryl methyl sites for hydroxylation is 1. The number of hydrogen-bond acceptors (Lipinski definition) is 7. The highest BCUT2D eigenvalue weighted by molar-refractivity contribution is 7.17. The number of carbonyl (C=O) groups excluding carboxylic acids is 1. The molecule has 13 heteroatoms. The number of H-pyrrole nitrogens is 1. The van der Waals surface area contributed by atoms with Gasteiger partial charge >= 0.3 is 12.1 Å². The van der Waals surface area contributed by atoms with Crippen LogP contribution in [0.3, 0.4) is 0 Å². The van der Waals surface area contributed by atoms with Crippen LogP contribution in [-0.2, 0) is 10.9 Å². The Morgan fingerprint density at radius 1 is 1.45 bits per heavy atom. The minimum Gasteiger partial charge on any atom is -0.477 e. The number of piperidine rings is 1. The van der Waals surface area contributed by atoms with Crippen LogP contribution in [0.15, 0.2) is 6.20 Å². The number of rotatable bonds is 5. The van der Waals surface area contributed by atoms with Crippen molar-refractivity contribution in [1.29, 1.82) is 0 Å². The van der Waals surface area contributed by atoms with Crippen LogP contribution in [0.25, 0.3) is 0 Å². The Morgan fingerprint density at radius 3 is 2.72 bits per heavy atom. The highest BCUT2D eigenvalue weighted by Crippen LogP contribution is 2.30. The van der Waals surface area contributed by atoms with E-state index < -0.39 is 41.7 Å². The minimum absolute atomic E-state index is 0.109. The molecule has 2 aromatic rings. The van der Waals surface area contributed by atoms with Gasteiger partial charge in [0.15, 0.2) is 16.6 Å². The molecule has 1 aliphatic rings. The number of imidazole rings is 1. The fourth-order valence-corrected chi connectivity index (χ4v) is 3.87. The number of nitrogens with zero attached hydrogens (tertiary/aromatic N) is 3. The molecular weight excluding hydrogens is 415 g/mol. The van der Waals surface area contributed by atoms with Crippen molar-refractivity contribution >= 4 is 28.3 Å². The molecule has 0 aliphatic carbocycles. The molecule has 3 N–H and O–H groups in total. The lowest BCUT2D eigenvalue weighted by Gasteiger charge is -2.37. The number of nitrogens with one attached hydrogen (secondary N) is 2. The van der Waals surface area contributed by atoms with E-state index in [4.69, 9.17) is 9.84 Å². The summed E-state index contributed by atoms with van der Waals surface area (Å²) in [4.78, 5) is 35.2. The van der Waals surface area contributed by atoms with Crippen LogP contribution >= 0.6 is 11.3 Å². The van der Waals surface area contributed by atoms with Gasteiger partial charge in [-0.25, -0.2) is 14.8 Å². The third-order valence-corrected chi connectivity index (χ3v) is 5.57. The maximum atomic E-state index is 12.9. The normalized spacial score (nSPS) is 20.0. The van der Waals surface area contributed by atoms with Gasteiger partial charge in [-0.15, -0.1) is 0 Å². The lowest BCUT2D eigenvalue weighted by Crippen LogP contribution is -2.55. The van der Waals surface area contributed by atoms with Gasteiger partial charge in [0.2, 0.25) is 0 Å². The number of alkyl halides is 3. The van der Waals surface area contributed by atoms with Gasteiger partial charge in [-0.3, -0.25) is 4.79 Å². The largest absolute Gasteiger partial charge is 0.477 e. The molecule has 0 saturated carbocycles. The van der Waals surface area contributed by atoms with Crippen LogP contribution in [0.2, 0.25) is 0 Å². The zero-order valence-electron chi connectivity index (χ0n) is 15.4. The van der Waals surface area contributed by atoms with Crippen LogP contribution in [0, 0.1) is 6.92 Å². The van der Waals surface area contributed by atoms with Gasteiger partial charge in [-0.05, 0) is 13.3 Å². The Morgan fingerprint density at radius 2 is 2.17 bits per heavy atom. The summed E-state index contributed by atoms with van der Waals surface area (Å²) in [7, 11) is 1.46. The summed E-state index contributed by atoms with van der Waals surface area (Å²) in [5, 5.41) is 12.2. The van der Waals surface area contributed by atoms with E-state index in [0.29, 0.717) is 24.6 Å². The molecule has 9 nitrogen and oxygen atoms in total. The van der Waals surface area contributed by atoms with Crippen molar-refractivity contribution in [3.8, 4) is 0 Å². The van der Waals surface area contributed by atoms with Gasteiger partial charge in [0.25, 0.3) is 5.91 Å². The average Bonchev–Trinajstić information content (AvgIpc) is 3.28. The van der Waals surface area contributed by atoms with E-state index in [1.165, 1.54) is 20.2 Å². The Hall–Kier alpha value is -2.67. The summed E-state index contributed by atoms with van der Waals surface area (Å²) in [6.07, 6.45) is -3.42. The van der Waals surface area contributed by atoms with Crippen molar-refractivity contribution < 1.29 is 32.6 Å². The molecule has 0 spiro atoms. The molecule has 29 heavy (non-hydrogen) atoms. The predicted molar refractivity (Wildman–Crippen MR) is 96.3 cm³/mol. The number of carboxylic acids is 1. The highest BCUT2D eigenvalue weighted by atomic mass is 32.1. The van der Waals surface area contributed by atoms with Crippen molar-refractivity contribution in [2.45, 2.75) is 31.7 Å². The molecule has 0 aromatic carbocycles. The van der Waals surface area contributed by atoms with Crippen LogP contribution in [-0.4, -0.2) is 64.3 Å². The van der Waals surface area contributed by atoms with Crippen molar-refractivity contribution in [2.24, 2.45) is 0 Å². The van der Waals surface area contributed by atoms with E-state index >= 15 is 0 Å². The van der Waals surface area contributed by atoms with Crippen LogP contribution in [0.5, 0.6) is 0 Å².